The van der Waals surface area contributed by atoms with Gasteiger partial charge in [0.05, 0.1) is 26.9 Å². The highest BCUT2D eigenvalue weighted by Gasteiger charge is 2.36. The van der Waals surface area contributed by atoms with Crippen LogP contribution in [0.25, 0.3) is 11.1 Å². The van der Waals surface area contributed by atoms with Crippen LogP contribution >= 0.6 is 0 Å². The fourth-order valence-electron chi connectivity index (χ4n) is 4.74. The molecule has 8 heteroatoms. The number of hydrogen-bond acceptors (Lipinski definition) is 7. The number of ether oxygens (including phenoxy) is 3. The first-order valence-electron chi connectivity index (χ1n) is 11.0. The Labute approximate surface area is 198 Å². The number of aromatic nitrogens is 4. The summed E-state index contributed by atoms with van der Waals surface area (Å²) in [5, 5.41) is 16.5. The highest BCUT2D eigenvalue weighted by Crippen LogP contribution is 2.46. The third-order valence-corrected chi connectivity index (χ3v) is 6.22. The molecule has 0 atom stereocenters. The number of nitrogens with one attached hydrogen (secondary N) is 1. The highest BCUT2D eigenvalue weighted by atomic mass is 16.5. The van der Waals surface area contributed by atoms with Crippen LogP contribution in [-0.2, 0) is 5.54 Å². The van der Waals surface area contributed by atoms with E-state index in [1.54, 1.807) is 21.3 Å². The summed E-state index contributed by atoms with van der Waals surface area (Å²) in [6.07, 6.45) is 0. The lowest BCUT2D eigenvalue weighted by atomic mass is 10.0. The lowest BCUT2D eigenvalue weighted by molar-refractivity contribution is 0.324. The molecule has 0 fully saturated rings. The van der Waals surface area contributed by atoms with E-state index < -0.39 is 5.54 Å². The van der Waals surface area contributed by atoms with Gasteiger partial charge in [0, 0.05) is 17.8 Å². The summed E-state index contributed by atoms with van der Waals surface area (Å²) < 4.78 is 18.4. The van der Waals surface area contributed by atoms with Gasteiger partial charge in [0.1, 0.15) is 6.04 Å². The molecule has 1 aliphatic rings. The smallest absolute Gasteiger partial charge is 0.203 e. The van der Waals surface area contributed by atoms with Crippen LogP contribution in [0.5, 0.6) is 17.2 Å². The number of fused-ring (bicyclic) bond motifs is 3. The Morgan fingerprint density at radius 2 is 1.38 bits per heavy atom. The lowest BCUT2D eigenvalue weighted by Gasteiger charge is -2.29. The summed E-state index contributed by atoms with van der Waals surface area (Å²) in [6, 6.07) is 20.5. The van der Waals surface area contributed by atoms with Gasteiger partial charge in [-0.15, -0.1) is 5.10 Å². The number of tetrazole rings is 1. The SMILES string of the molecule is COc1cc(NC(C)(C)c2nnnn2C2c3ccccc3-c3ccccc32)cc(OC)c1OC. The fourth-order valence-corrected chi connectivity index (χ4v) is 4.74. The van der Waals surface area contributed by atoms with Gasteiger partial charge in [-0.1, -0.05) is 48.5 Å². The Balaban J connectivity index is 1.57. The average molecular weight is 458 g/mol. The van der Waals surface area contributed by atoms with Crippen LogP contribution in [0.15, 0.2) is 60.7 Å². The summed E-state index contributed by atoms with van der Waals surface area (Å²) in [7, 11) is 4.78. The van der Waals surface area contributed by atoms with Gasteiger partial charge in [-0.25, -0.2) is 4.68 Å². The molecule has 0 spiro atoms. The largest absolute Gasteiger partial charge is 0.493 e. The first-order chi connectivity index (χ1) is 16.5. The zero-order valence-electron chi connectivity index (χ0n) is 19.9. The molecule has 34 heavy (non-hydrogen) atoms. The Kier molecular flexibility index (Phi) is 5.36. The van der Waals surface area contributed by atoms with Crippen molar-refractivity contribution in [2.75, 3.05) is 26.6 Å². The van der Waals surface area contributed by atoms with Crippen molar-refractivity contribution < 1.29 is 14.2 Å². The van der Waals surface area contributed by atoms with Gasteiger partial charge < -0.3 is 19.5 Å². The summed E-state index contributed by atoms with van der Waals surface area (Å²) in [5.74, 6) is 2.38. The van der Waals surface area contributed by atoms with Crippen molar-refractivity contribution >= 4 is 5.69 Å². The van der Waals surface area contributed by atoms with E-state index in [2.05, 4.69) is 69.4 Å². The minimum absolute atomic E-state index is 0.113. The normalized spacial score (nSPS) is 12.7. The molecule has 1 aromatic heterocycles. The topological polar surface area (TPSA) is 83.3 Å². The minimum atomic E-state index is -0.624. The summed E-state index contributed by atoms with van der Waals surface area (Å²) >= 11 is 0. The number of benzene rings is 3. The van der Waals surface area contributed by atoms with Crippen molar-refractivity contribution in [2.24, 2.45) is 0 Å². The van der Waals surface area contributed by atoms with Crippen LogP contribution in [0.3, 0.4) is 0 Å². The van der Waals surface area contributed by atoms with Crippen LogP contribution < -0.4 is 19.5 Å². The molecule has 1 heterocycles. The molecule has 1 aliphatic carbocycles. The van der Waals surface area contributed by atoms with E-state index in [0.717, 1.165) is 5.69 Å². The van der Waals surface area contributed by atoms with E-state index in [4.69, 9.17) is 14.2 Å². The van der Waals surface area contributed by atoms with E-state index >= 15 is 0 Å². The molecule has 0 radical (unpaired) electrons. The molecule has 0 saturated heterocycles. The van der Waals surface area contributed by atoms with Gasteiger partial charge in [-0.2, -0.15) is 0 Å². The molecule has 1 N–H and O–H groups in total. The third-order valence-electron chi connectivity index (χ3n) is 6.22. The van der Waals surface area contributed by atoms with Gasteiger partial charge in [0.15, 0.2) is 17.3 Å². The number of rotatable bonds is 7. The van der Waals surface area contributed by atoms with Gasteiger partial charge in [-0.3, -0.25) is 0 Å². The highest BCUT2D eigenvalue weighted by molar-refractivity contribution is 5.78. The second kappa shape index (κ2) is 8.37. The molecule has 174 valence electrons. The number of methoxy groups -OCH3 is 3. The molecule has 0 amide bonds. The second-order valence-electron chi connectivity index (χ2n) is 8.69. The molecule has 5 rings (SSSR count). The van der Waals surface area contributed by atoms with Gasteiger partial charge >= 0.3 is 0 Å². The van der Waals surface area contributed by atoms with E-state index in [1.165, 1.54) is 22.3 Å². The molecular formula is C26H27N5O3. The van der Waals surface area contributed by atoms with Crippen molar-refractivity contribution in [3.8, 4) is 28.4 Å². The maximum absolute atomic E-state index is 5.52. The maximum Gasteiger partial charge on any atom is 0.203 e. The minimum Gasteiger partial charge on any atom is -0.493 e. The zero-order chi connectivity index (χ0) is 23.9. The monoisotopic (exact) mass is 457 g/mol. The van der Waals surface area contributed by atoms with Crippen molar-refractivity contribution in [1.29, 1.82) is 0 Å². The lowest BCUT2D eigenvalue weighted by Crippen LogP contribution is -2.33. The maximum atomic E-state index is 5.52. The summed E-state index contributed by atoms with van der Waals surface area (Å²) in [6.45, 7) is 4.09. The molecule has 3 aromatic carbocycles. The van der Waals surface area contributed by atoms with Crippen molar-refractivity contribution in [2.45, 2.75) is 25.4 Å². The van der Waals surface area contributed by atoms with E-state index in [1.807, 2.05) is 30.7 Å². The van der Waals surface area contributed by atoms with Crippen LogP contribution in [-0.4, -0.2) is 41.5 Å². The van der Waals surface area contributed by atoms with Crippen LogP contribution in [0.2, 0.25) is 0 Å². The van der Waals surface area contributed by atoms with Gasteiger partial charge in [0.2, 0.25) is 5.75 Å². The van der Waals surface area contributed by atoms with Crippen molar-refractivity contribution in [3.63, 3.8) is 0 Å². The summed E-state index contributed by atoms with van der Waals surface area (Å²) in [5.41, 5.74) is 4.95. The van der Waals surface area contributed by atoms with E-state index in [9.17, 15) is 0 Å². The standard InChI is InChI=1S/C26H27N5O3/c1-26(2,27-16-14-21(32-3)24(34-5)22(15-16)33-4)25-28-29-30-31(25)23-19-12-8-6-10-17(19)18-11-7-9-13-20(18)23/h6-15,23,27H,1-5H3. The predicted octanol–water partition coefficient (Wildman–Crippen LogP) is 4.66. The molecular weight excluding hydrogens is 430 g/mol. The Bertz CT molecular complexity index is 1280. The van der Waals surface area contributed by atoms with Crippen LogP contribution in [0, 0.1) is 0 Å². The summed E-state index contributed by atoms with van der Waals surface area (Å²) in [4.78, 5) is 0. The van der Waals surface area contributed by atoms with Crippen LogP contribution in [0.1, 0.15) is 36.8 Å². The zero-order valence-corrected chi connectivity index (χ0v) is 19.9. The third kappa shape index (κ3) is 3.42. The Hall–Kier alpha value is -4.07. The van der Waals surface area contributed by atoms with E-state index in [0.29, 0.717) is 23.1 Å². The molecule has 8 nitrogen and oxygen atoms in total. The van der Waals surface area contributed by atoms with Crippen molar-refractivity contribution in [1.82, 2.24) is 20.2 Å². The molecule has 4 aromatic rings. The average Bonchev–Trinajstić information content (AvgIpc) is 3.46. The quantitative estimate of drug-likeness (QED) is 0.380. The molecule has 0 aliphatic heterocycles. The molecule has 0 saturated carbocycles. The Morgan fingerprint density at radius 3 is 1.91 bits per heavy atom. The molecule has 0 unspecified atom stereocenters. The fraction of sp³-hybridized carbons (Fsp3) is 0.269. The van der Waals surface area contributed by atoms with Gasteiger partial charge in [0.25, 0.3) is 0 Å². The first kappa shape index (κ1) is 21.8. The van der Waals surface area contributed by atoms with Gasteiger partial charge in [-0.05, 0) is 46.5 Å². The second-order valence-corrected chi connectivity index (χ2v) is 8.69. The Morgan fingerprint density at radius 1 is 0.824 bits per heavy atom. The predicted molar refractivity (Wildman–Crippen MR) is 130 cm³/mol. The van der Waals surface area contributed by atoms with Crippen molar-refractivity contribution in [3.05, 3.63) is 77.6 Å². The number of hydrogen-bond donors (Lipinski definition) is 1. The number of nitrogens with zero attached hydrogens (tertiary/aromatic N) is 4. The van der Waals surface area contributed by atoms with Crippen LogP contribution in [0.4, 0.5) is 5.69 Å². The van der Waals surface area contributed by atoms with E-state index in [-0.39, 0.29) is 6.04 Å². The number of anilines is 1. The first-order valence-corrected chi connectivity index (χ1v) is 11.0. The molecule has 0 bridgehead atoms.